The molecule has 1 heterocycles. The van der Waals surface area contributed by atoms with Gasteiger partial charge in [0.15, 0.2) is 0 Å². The smallest absolute Gasteiger partial charge is 0.331 e. The van der Waals surface area contributed by atoms with E-state index in [1.54, 1.807) is 25.2 Å². The second kappa shape index (κ2) is 4.46. The minimum atomic E-state index is -0.427. The van der Waals surface area contributed by atoms with E-state index in [-0.39, 0.29) is 18.7 Å². The van der Waals surface area contributed by atoms with E-state index in [1.165, 1.54) is 4.57 Å². The van der Waals surface area contributed by atoms with Gasteiger partial charge < -0.3 is 5.11 Å². The maximum Gasteiger partial charge on any atom is 0.331 e. The van der Waals surface area contributed by atoms with Crippen LogP contribution >= 0.6 is 15.9 Å². The molecule has 17 heavy (non-hydrogen) atoms. The van der Waals surface area contributed by atoms with Gasteiger partial charge in [-0.05, 0) is 28.1 Å². The lowest BCUT2D eigenvalue weighted by atomic mass is 10.2. The summed E-state index contributed by atoms with van der Waals surface area (Å²) in [7, 11) is 1.60. The standard InChI is InChI=1S/C11H11BrN2O3/c1-13-9-7(3-2-4-8(9)12)10(16)14(5-6-15)11(13)17/h2-4,15H,5-6H2,1H3. The minimum Gasteiger partial charge on any atom is -0.395 e. The molecule has 0 aliphatic carbocycles. The number of benzene rings is 1. The number of para-hydroxylation sites is 1. The highest BCUT2D eigenvalue weighted by Crippen LogP contribution is 2.19. The van der Waals surface area contributed by atoms with Crippen LogP contribution in [0, 0.1) is 0 Å². The molecule has 90 valence electrons. The first kappa shape index (κ1) is 12.1. The van der Waals surface area contributed by atoms with Crippen LogP contribution < -0.4 is 11.2 Å². The third-order valence-corrected chi connectivity index (χ3v) is 3.28. The van der Waals surface area contributed by atoms with Gasteiger partial charge in [0.1, 0.15) is 0 Å². The predicted molar refractivity (Wildman–Crippen MR) is 68.2 cm³/mol. The number of fused-ring (bicyclic) bond motifs is 1. The zero-order valence-electron chi connectivity index (χ0n) is 9.18. The van der Waals surface area contributed by atoms with Crippen LogP contribution in [0.4, 0.5) is 0 Å². The lowest BCUT2D eigenvalue weighted by molar-refractivity contribution is 0.271. The van der Waals surface area contributed by atoms with Crippen LogP contribution in [-0.4, -0.2) is 20.8 Å². The first-order valence-electron chi connectivity index (χ1n) is 5.07. The molecule has 0 bridgehead atoms. The molecular formula is C11H11BrN2O3. The summed E-state index contributed by atoms with van der Waals surface area (Å²) in [6, 6.07) is 5.18. The van der Waals surface area contributed by atoms with Crippen LogP contribution in [0.5, 0.6) is 0 Å². The summed E-state index contributed by atoms with van der Waals surface area (Å²) in [5.41, 5.74) is -0.237. The van der Waals surface area contributed by atoms with Gasteiger partial charge in [-0.15, -0.1) is 0 Å². The Morgan fingerprint density at radius 1 is 1.35 bits per heavy atom. The van der Waals surface area contributed by atoms with Crippen molar-refractivity contribution in [3.05, 3.63) is 43.5 Å². The van der Waals surface area contributed by atoms with Crippen molar-refractivity contribution in [2.45, 2.75) is 6.54 Å². The van der Waals surface area contributed by atoms with Crippen LogP contribution in [0.25, 0.3) is 10.9 Å². The monoisotopic (exact) mass is 298 g/mol. The molecule has 1 N–H and O–H groups in total. The first-order valence-corrected chi connectivity index (χ1v) is 5.86. The average molecular weight is 299 g/mol. The molecule has 0 fully saturated rings. The Balaban J connectivity index is 3.01. The summed E-state index contributed by atoms with van der Waals surface area (Å²) in [5.74, 6) is 0. The lowest BCUT2D eigenvalue weighted by Gasteiger charge is -2.10. The van der Waals surface area contributed by atoms with Crippen molar-refractivity contribution in [2.75, 3.05) is 6.61 Å². The number of rotatable bonds is 2. The maximum absolute atomic E-state index is 12.1. The summed E-state index contributed by atoms with van der Waals surface area (Å²) in [6.45, 7) is -0.234. The highest BCUT2D eigenvalue weighted by molar-refractivity contribution is 9.10. The molecule has 2 aromatic rings. The van der Waals surface area contributed by atoms with Gasteiger partial charge in [-0.25, -0.2) is 4.79 Å². The number of nitrogens with zero attached hydrogens (tertiary/aromatic N) is 2. The molecule has 0 radical (unpaired) electrons. The number of aliphatic hydroxyl groups excluding tert-OH is 1. The van der Waals surface area contributed by atoms with Crippen molar-refractivity contribution < 1.29 is 5.11 Å². The van der Waals surface area contributed by atoms with Crippen LogP contribution in [0.15, 0.2) is 32.3 Å². The van der Waals surface area contributed by atoms with Gasteiger partial charge in [-0.1, -0.05) is 6.07 Å². The predicted octanol–water partition coefficient (Wildman–Crippen LogP) is 0.455. The number of hydrogen-bond donors (Lipinski definition) is 1. The van der Waals surface area contributed by atoms with E-state index in [0.29, 0.717) is 15.4 Å². The zero-order valence-corrected chi connectivity index (χ0v) is 10.8. The third kappa shape index (κ3) is 1.83. The largest absolute Gasteiger partial charge is 0.395 e. The molecule has 0 saturated carbocycles. The molecule has 0 atom stereocenters. The van der Waals surface area contributed by atoms with E-state index in [4.69, 9.17) is 5.11 Å². The molecule has 1 aromatic heterocycles. The zero-order chi connectivity index (χ0) is 12.6. The topological polar surface area (TPSA) is 64.2 Å². The van der Waals surface area contributed by atoms with E-state index >= 15 is 0 Å². The SMILES string of the molecule is Cn1c(=O)n(CCO)c(=O)c2cccc(Br)c21. The molecule has 2 rings (SSSR count). The summed E-state index contributed by atoms with van der Waals surface area (Å²) >= 11 is 3.32. The normalized spacial score (nSPS) is 11.0. The van der Waals surface area contributed by atoms with Crippen molar-refractivity contribution in [1.29, 1.82) is 0 Å². The van der Waals surface area contributed by atoms with Gasteiger partial charge in [0.2, 0.25) is 0 Å². The molecule has 0 amide bonds. The maximum atomic E-state index is 12.1. The molecule has 6 heteroatoms. The van der Waals surface area contributed by atoms with Crippen LogP contribution in [0.1, 0.15) is 0 Å². The Morgan fingerprint density at radius 3 is 2.71 bits per heavy atom. The molecule has 1 aromatic carbocycles. The van der Waals surface area contributed by atoms with E-state index in [0.717, 1.165) is 4.57 Å². The molecule has 0 spiro atoms. The summed E-state index contributed by atoms with van der Waals surface area (Å²) < 4.78 is 3.13. The van der Waals surface area contributed by atoms with E-state index in [1.807, 2.05) is 0 Å². The number of halogens is 1. The van der Waals surface area contributed by atoms with Crippen molar-refractivity contribution in [1.82, 2.24) is 9.13 Å². The van der Waals surface area contributed by atoms with Crippen LogP contribution in [0.3, 0.4) is 0 Å². The third-order valence-electron chi connectivity index (χ3n) is 2.64. The van der Waals surface area contributed by atoms with Gasteiger partial charge in [0.25, 0.3) is 5.56 Å². The van der Waals surface area contributed by atoms with Crippen LogP contribution in [0.2, 0.25) is 0 Å². The second-order valence-electron chi connectivity index (χ2n) is 3.66. The summed E-state index contributed by atoms with van der Waals surface area (Å²) in [6.07, 6.45) is 0. The van der Waals surface area contributed by atoms with Crippen molar-refractivity contribution in [2.24, 2.45) is 7.05 Å². The Kier molecular flexibility index (Phi) is 3.17. The van der Waals surface area contributed by atoms with E-state index < -0.39 is 5.69 Å². The highest BCUT2D eigenvalue weighted by Gasteiger charge is 2.11. The molecule has 0 aliphatic rings. The summed E-state index contributed by atoms with van der Waals surface area (Å²) in [4.78, 5) is 24.0. The molecule has 5 nitrogen and oxygen atoms in total. The fraction of sp³-hybridized carbons (Fsp3) is 0.273. The number of aliphatic hydroxyl groups is 1. The van der Waals surface area contributed by atoms with Gasteiger partial charge in [0.05, 0.1) is 24.1 Å². The number of hydrogen-bond acceptors (Lipinski definition) is 3. The van der Waals surface area contributed by atoms with Crippen LogP contribution in [-0.2, 0) is 13.6 Å². The second-order valence-corrected chi connectivity index (χ2v) is 4.51. The number of aromatic nitrogens is 2. The van der Waals surface area contributed by atoms with Gasteiger partial charge in [-0.3, -0.25) is 13.9 Å². The minimum absolute atomic E-state index is 0.00790. The Bertz CT molecular complexity index is 687. The average Bonchev–Trinajstić information content (AvgIpc) is 2.31. The van der Waals surface area contributed by atoms with Crippen molar-refractivity contribution in [3.8, 4) is 0 Å². The van der Waals surface area contributed by atoms with Gasteiger partial charge >= 0.3 is 5.69 Å². The highest BCUT2D eigenvalue weighted by atomic mass is 79.9. The van der Waals surface area contributed by atoms with Gasteiger partial charge in [0, 0.05) is 11.5 Å². The summed E-state index contributed by atoms with van der Waals surface area (Å²) in [5, 5.41) is 9.32. The Labute approximate surface area is 105 Å². The molecule has 0 aliphatic heterocycles. The molecular weight excluding hydrogens is 288 g/mol. The van der Waals surface area contributed by atoms with E-state index in [2.05, 4.69) is 15.9 Å². The fourth-order valence-corrected chi connectivity index (χ4v) is 2.47. The molecule has 0 saturated heterocycles. The quantitative estimate of drug-likeness (QED) is 0.876. The van der Waals surface area contributed by atoms with Gasteiger partial charge in [-0.2, -0.15) is 0 Å². The Morgan fingerprint density at radius 2 is 2.06 bits per heavy atom. The van der Waals surface area contributed by atoms with Crippen molar-refractivity contribution >= 4 is 26.8 Å². The lowest BCUT2D eigenvalue weighted by Crippen LogP contribution is -2.39. The Hall–Kier alpha value is -1.40. The molecule has 0 unspecified atom stereocenters. The van der Waals surface area contributed by atoms with E-state index in [9.17, 15) is 9.59 Å². The first-order chi connectivity index (χ1) is 8.07. The fourth-order valence-electron chi connectivity index (χ4n) is 1.83. The van der Waals surface area contributed by atoms with Crippen molar-refractivity contribution in [3.63, 3.8) is 0 Å². The number of aryl methyl sites for hydroxylation is 1.